The molecule has 0 amide bonds. The van der Waals surface area contributed by atoms with Gasteiger partial charge in [-0.05, 0) is 25.0 Å². The minimum absolute atomic E-state index is 0.0575. The van der Waals surface area contributed by atoms with Gasteiger partial charge in [0.15, 0.2) is 0 Å². The third kappa shape index (κ3) is 2.50. The average molecular weight is 284 g/mol. The first-order valence-electron chi connectivity index (χ1n) is 7.01. The maximum absolute atomic E-state index is 6.10. The summed E-state index contributed by atoms with van der Waals surface area (Å²) >= 11 is 1.95. The summed E-state index contributed by atoms with van der Waals surface area (Å²) in [6.07, 6.45) is 0. The minimum atomic E-state index is -0.117. The molecule has 1 fully saturated rings. The second-order valence-electron chi connectivity index (χ2n) is 5.78. The van der Waals surface area contributed by atoms with E-state index in [1.165, 1.54) is 11.1 Å². The Hall–Kier alpha value is -1.25. The van der Waals surface area contributed by atoms with Crippen LogP contribution < -0.4 is 0 Å². The predicted molar refractivity (Wildman–Crippen MR) is 85.9 cm³/mol. The normalized spacial score (nSPS) is 23.5. The van der Waals surface area contributed by atoms with Gasteiger partial charge >= 0.3 is 0 Å². The molecule has 0 aliphatic carbocycles. The van der Waals surface area contributed by atoms with E-state index in [9.17, 15) is 0 Å². The highest BCUT2D eigenvalue weighted by molar-refractivity contribution is 7.98. The van der Waals surface area contributed by atoms with Crippen LogP contribution in [0.5, 0.6) is 0 Å². The van der Waals surface area contributed by atoms with E-state index in [0.29, 0.717) is 0 Å². The molecular weight excluding hydrogens is 264 g/mol. The second kappa shape index (κ2) is 5.27. The first kappa shape index (κ1) is 13.7. The molecule has 1 atom stereocenters. The maximum atomic E-state index is 6.10. The summed E-state index contributed by atoms with van der Waals surface area (Å²) < 4.78 is 6.10. The zero-order valence-corrected chi connectivity index (χ0v) is 12.8. The van der Waals surface area contributed by atoms with Crippen LogP contribution in [0.2, 0.25) is 0 Å². The molecule has 2 aromatic carbocycles. The molecule has 3 rings (SSSR count). The molecule has 1 saturated heterocycles. The molecule has 1 heterocycles. The molecule has 0 radical (unpaired) electrons. The van der Waals surface area contributed by atoms with Crippen LogP contribution in [0.25, 0.3) is 0 Å². The SMILES string of the molecule is CC1(C)OC1(CSCc1ccccc1)c1ccccc1. The summed E-state index contributed by atoms with van der Waals surface area (Å²) in [5.74, 6) is 2.04. The Morgan fingerprint density at radius 1 is 0.900 bits per heavy atom. The summed E-state index contributed by atoms with van der Waals surface area (Å²) in [6.45, 7) is 4.37. The first-order chi connectivity index (χ1) is 9.64. The van der Waals surface area contributed by atoms with E-state index in [-0.39, 0.29) is 11.2 Å². The molecule has 0 N–H and O–H groups in total. The van der Waals surface area contributed by atoms with E-state index < -0.39 is 0 Å². The predicted octanol–water partition coefficient (Wildman–Crippen LogP) is 4.62. The van der Waals surface area contributed by atoms with Gasteiger partial charge in [-0.15, -0.1) is 0 Å². The van der Waals surface area contributed by atoms with Crippen LogP contribution in [0.15, 0.2) is 60.7 Å². The number of hydrogen-bond donors (Lipinski definition) is 0. The maximum Gasteiger partial charge on any atom is 0.131 e. The molecule has 0 aromatic heterocycles. The molecule has 1 unspecified atom stereocenters. The highest BCUT2D eigenvalue weighted by Gasteiger charge is 2.64. The van der Waals surface area contributed by atoms with Crippen LogP contribution in [0, 0.1) is 0 Å². The lowest BCUT2D eigenvalue weighted by Crippen LogP contribution is -2.21. The van der Waals surface area contributed by atoms with Crippen LogP contribution in [0.3, 0.4) is 0 Å². The lowest BCUT2D eigenvalue weighted by molar-refractivity contribution is 0.290. The van der Waals surface area contributed by atoms with Crippen molar-refractivity contribution in [2.24, 2.45) is 0 Å². The molecule has 2 aromatic rings. The fraction of sp³-hybridized carbons (Fsp3) is 0.333. The monoisotopic (exact) mass is 284 g/mol. The Kier molecular flexibility index (Phi) is 3.61. The van der Waals surface area contributed by atoms with E-state index in [1.54, 1.807) is 0 Å². The molecule has 104 valence electrons. The third-order valence-corrected chi connectivity index (χ3v) is 5.17. The number of hydrogen-bond acceptors (Lipinski definition) is 2. The van der Waals surface area contributed by atoms with Crippen molar-refractivity contribution in [3.05, 3.63) is 71.8 Å². The summed E-state index contributed by atoms with van der Waals surface area (Å²) in [5.41, 5.74) is 2.50. The fourth-order valence-corrected chi connectivity index (χ4v) is 4.09. The second-order valence-corrected chi connectivity index (χ2v) is 6.77. The minimum Gasteiger partial charge on any atom is -0.357 e. The van der Waals surface area contributed by atoms with Gasteiger partial charge in [-0.2, -0.15) is 11.8 Å². The van der Waals surface area contributed by atoms with Crippen LogP contribution in [0.1, 0.15) is 25.0 Å². The zero-order chi connectivity index (χ0) is 14.1. The molecule has 20 heavy (non-hydrogen) atoms. The van der Waals surface area contributed by atoms with Crippen LogP contribution in [-0.2, 0) is 16.1 Å². The molecule has 0 bridgehead atoms. The number of thioether (sulfide) groups is 1. The van der Waals surface area contributed by atoms with Gasteiger partial charge in [0.25, 0.3) is 0 Å². The van der Waals surface area contributed by atoms with Gasteiger partial charge in [-0.25, -0.2) is 0 Å². The van der Waals surface area contributed by atoms with Gasteiger partial charge in [-0.1, -0.05) is 60.7 Å². The van der Waals surface area contributed by atoms with Crippen molar-refractivity contribution in [2.45, 2.75) is 30.8 Å². The number of benzene rings is 2. The topological polar surface area (TPSA) is 12.5 Å². The van der Waals surface area contributed by atoms with Gasteiger partial charge in [0, 0.05) is 11.5 Å². The summed E-state index contributed by atoms with van der Waals surface area (Å²) in [7, 11) is 0. The number of epoxide rings is 1. The van der Waals surface area contributed by atoms with Gasteiger partial charge in [-0.3, -0.25) is 0 Å². The molecule has 1 aliphatic heterocycles. The highest BCUT2D eigenvalue weighted by Crippen LogP contribution is 2.57. The van der Waals surface area contributed by atoms with Gasteiger partial charge in [0.1, 0.15) is 5.60 Å². The fourth-order valence-electron chi connectivity index (χ4n) is 2.70. The van der Waals surface area contributed by atoms with Crippen molar-refractivity contribution in [1.29, 1.82) is 0 Å². The number of rotatable bonds is 5. The molecule has 0 spiro atoms. The number of ether oxygens (including phenoxy) is 1. The van der Waals surface area contributed by atoms with Crippen molar-refractivity contribution < 1.29 is 4.74 Å². The van der Waals surface area contributed by atoms with Gasteiger partial charge in [0.05, 0.1) is 5.60 Å². The molecule has 1 nitrogen and oxygen atoms in total. The standard InChI is InChI=1S/C18H20OS/c1-17(2)18(19-17,16-11-7-4-8-12-16)14-20-13-15-9-5-3-6-10-15/h3-12H,13-14H2,1-2H3. The van der Waals surface area contributed by atoms with Crippen LogP contribution in [-0.4, -0.2) is 11.4 Å². The van der Waals surface area contributed by atoms with Crippen molar-refractivity contribution in [3.8, 4) is 0 Å². The van der Waals surface area contributed by atoms with E-state index in [2.05, 4.69) is 74.5 Å². The highest BCUT2D eigenvalue weighted by atomic mass is 32.2. The van der Waals surface area contributed by atoms with Crippen molar-refractivity contribution in [2.75, 3.05) is 5.75 Å². The quantitative estimate of drug-likeness (QED) is 0.743. The average Bonchev–Trinajstić information content (AvgIpc) is 3.04. The van der Waals surface area contributed by atoms with E-state index in [1.807, 2.05) is 11.8 Å². The van der Waals surface area contributed by atoms with E-state index in [4.69, 9.17) is 4.74 Å². The zero-order valence-electron chi connectivity index (χ0n) is 12.0. The van der Waals surface area contributed by atoms with E-state index in [0.717, 1.165) is 11.5 Å². The molecule has 0 saturated carbocycles. The smallest absolute Gasteiger partial charge is 0.131 e. The van der Waals surface area contributed by atoms with E-state index >= 15 is 0 Å². The lowest BCUT2D eigenvalue weighted by atomic mass is 9.90. The van der Waals surface area contributed by atoms with Crippen molar-refractivity contribution >= 4 is 11.8 Å². The summed E-state index contributed by atoms with van der Waals surface area (Å²) in [5, 5.41) is 0. The Labute approximate surface area is 125 Å². The van der Waals surface area contributed by atoms with Gasteiger partial charge < -0.3 is 4.74 Å². The summed E-state index contributed by atoms with van der Waals surface area (Å²) in [4.78, 5) is 0. The Bertz CT molecular complexity index is 564. The van der Waals surface area contributed by atoms with Gasteiger partial charge in [0.2, 0.25) is 0 Å². The Balaban J connectivity index is 1.68. The Morgan fingerprint density at radius 2 is 1.45 bits per heavy atom. The van der Waals surface area contributed by atoms with Crippen LogP contribution in [0.4, 0.5) is 0 Å². The van der Waals surface area contributed by atoms with Crippen molar-refractivity contribution in [1.82, 2.24) is 0 Å². The lowest BCUT2D eigenvalue weighted by Gasteiger charge is -2.15. The molecule has 1 aliphatic rings. The third-order valence-electron chi connectivity index (χ3n) is 4.02. The van der Waals surface area contributed by atoms with Crippen molar-refractivity contribution in [3.63, 3.8) is 0 Å². The molecular formula is C18H20OS. The Morgan fingerprint density at radius 3 is 2.00 bits per heavy atom. The first-order valence-corrected chi connectivity index (χ1v) is 8.17. The molecule has 2 heteroatoms. The van der Waals surface area contributed by atoms with Crippen LogP contribution >= 0.6 is 11.8 Å². The summed E-state index contributed by atoms with van der Waals surface area (Å²) in [6, 6.07) is 21.2. The largest absolute Gasteiger partial charge is 0.357 e.